The van der Waals surface area contributed by atoms with E-state index in [1.54, 1.807) is 13.8 Å². The molecule has 7 nitrogen and oxygen atoms in total. The van der Waals surface area contributed by atoms with Crippen LogP contribution in [0, 0.1) is 5.92 Å². The Kier molecular flexibility index (Phi) is 6.55. The van der Waals surface area contributed by atoms with Crippen LogP contribution in [0.5, 0.6) is 0 Å². The number of rotatable bonds is 7. The Morgan fingerprint density at radius 1 is 1.26 bits per heavy atom. The number of amides is 1. The van der Waals surface area contributed by atoms with Crippen molar-refractivity contribution >= 4 is 33.5 Å². The third-order valence-corrected chi connectivity index (χ3v) is 4.77. The first-order valence-corrected chi connectivity index (χ1v) is 8.65. The van der Waals surface area contributed by atoms with Crippen molar-refractivity contribution in [2.24, 2.45) is 11.7 Å². The third-order valence-electron chi connectivity index (χ3n) is 2.84. The van der Waals surface area contributed by atoms with Crippen molar-refractivity contribution < 1.29 is 22.8 Å². The maximum absolute atomic E-state index is 12.7. The maximum atomic E-state index is 12.7. The molecule has 1 atom stereocenters. The van der Waals surface area contributed by atoms with Crippen LogP contribution in [-0.2, 0) is 24.4 Å². The average molecular weight is 363 g/mol. The van der Waals surface area contributed by atoms with Gasteiger partial charge in [-0.25, -0.2) is 8.42 Å². The predicted octanol–water partition coefficient (Wildman–Crippen LogP) is 1.71. The average Bonchev–Trinajstić information content (AvgIpc) is 2.42. The van der Waals surface area contributed by atoms with Gasteiger partial charge in [0.25, 0.3) is 10.0 Å². The highest BCUT2D eigenvalue weighted by Crippen LogP contribution is 2.23. The van der Waals surface area contributed by atoms with E-state index < -0.39 is 27.9 Å². The number of halogens is 1. The van der Waals surface area contributed by atoms with Gasteiger partial charge in [-0.2, -0.15) is 0 Å². The molecule has 128 valence electrons. The molecule has 0 spiro atoms. The molecule has 0 saturated heterocycles. The van der Waals surface area contributed by atoms with Crippen LogP contribution in [0.25, 0.3) is 0 Å². The zero-order valence-corrected chi connectivity index (χ0v) is 14.6. The van der Waals surface area contributed by atoms with Crippen LogP contribution < -0.4 is 5.73 Å². The molecular formula is C14H19ClN2O5S. The summed E-state index contributed by atoms with van der Waals surface area (Å²) in [6.07, 6.45) is 0.107. The smallest absolute Gasteiger partial charge is 0.323 e. The largest absolute Gasteiger partial charge is 0.368 e. The highest BCUT2D eigenvalue weighted by atomic mass is 35.5. The Morgan fingerprint density at radius 3 is 2.17 bits per heavy atom. The van der Waals surface area contributed by atoms with Gasteiger partial charge in [-0.15, -0.1) is 0 Å². The van der Waals surface area contributed by atoms with Crippen molar-refractivity contribution in [3.05, 3.63) is 29.3 Å². The Labute approximate surface area is 140 Å². The first kappa shape index (κ1) is 19.4. The SMILES string of the molecule is CC(=O)ON(C(CC(C)C)C(N)=O)S(=O)(=O)c1ccc(Cl)cc1. The molecule has 0 aliphatic carbocycles. The summed E-state index contributed by atoms with van der Waals surface area (Å²) < 4.78 is 25.8. The molecule has 2 N–H and O–H groups in total. The van der Waals surface area contributed by atoms with Crippen LogP contribution in [0.3, 0.4) is 0 Å². The van der Waals surface area contributed by atoms with Gasteiger partial charge < -0.3 is 10.6 Å². The molecule has 0 aliphatic heterocycles. The minimum absolute atomic E-state index is 0.0500. The monoisotopic (exact) mass is 362 g/mol. The van der Waals surface area contributed by atoms with E-state index >= 15 is 0 Å². The number of nitrogens with zero attached hydrogens (tertiary/aromatic N) is 1. The van der Waals surface area contributed by atoms with Gasteiger partial charge in [0, 0.05) is 11.9 Å². The van der Waals surface area contributed by atoms with Crippen molar-refractivity contribution in [2.75, 3.05) is 0 Å². The zero-order valence-electron chi connectivity index (χ0n) is 13.0. The van der Waals surface area contributed by atoms with Crippen molar-refractivity contribution in [2.45, 2.75) is 38.1 Å². The molecule has 0 radical (unpaired) electrons. The van der Waals surface area contributed by atoms with Gasteiger partial charge in [-0.05, 0) is 41.1 Å². The van der Waals surface area contributed by atoms with E-state index in [9.17, 15) is 18.0 Å². The second-order valence-electron chi connectivity index (χ2n) is 5.34. The molecule has 0 fully saturated rings. The molecule has 1 unspecified atom stereocenters. The topological polar surface area (TPSA) is 107 Å². The molecule has 1 amide bonds. The Hall–Kier alpha value is -1.64. The fourth-order valence-corrected chi connectivity index (χ4v) is 3.41. The fourth-order valence-electron chi connectivity index (χ4n) is 1.87. The van der Waals surface area contributed by atoms with Gasteiger partial charge in [0.1, 0.15) is 6.04 Å². The number of primary amides is 1. The number of nitrogens with two attached hydrogens (primary N) is 1. The number of carbonyl (C=O) groups excluding carboxylic acids is 2. The highest BCUT2D eigenvalue weighted by molar-refractivity contribution is 7.89. The first-order chi connectivity index (χ1) is 10.6. The van der Waals surface area contributed by atoms with E-state index in [4.69, 9.17) is 22.2 Å². The molecule has 9 heteroatoms. The minimum Gasteiger partial charge on any atom is -0.368 e. The molecule has 0 aromatic heterocycles. The van der Waals surface area contributed by atoms with Gasteiger partial charge in [-0.3, -0.25) is 9.59 Å². The van der Waals surface area contributed by atoms with E-state index in [1.165, 1.54) is 24.3 Å². The maximum Gasteiger partial charge on any atom is 0.323 e. The molecule has 23 heavy (non-hydrogen) atoms. The van der Waals surface area contributed by atoms with Gasteiger partial charge in [-0.1, -0.05) is 25.4 Å². The lowest BCUT2D eigenvalue weighted by Crippen LogP contribution is -2.49. The quantitative estimate of drug-likeness (QED) is 0.743. The number of carbonyl (C=O) groups is 2. The molecule has 1 aromatic carbocycles. The van der Waals surface area contributed by atoms with Crippen LogP contribution in [0.2, 0.25) is 5.02 Å². The lowest BCUT2D eigenvalue weighted by Gasteiger charge is -2.27. The summed E-state index contributed by atoms with van der Waals surface area (Å²) in [6, 6.07) is 3.95. The van der Waals surface area contributed by atoms with E-state index in [2.05, 4.69) is 0 Å². The minimum atomic E-state index is -4.27. The molecule has 0 saturated carbocycles. The summed E-state index contributed by atoms with van der Waals surface area (Å²) in [4.78, 5) is 27.6. The second-order valence-corrected chi connectivity index (χ2v) is 7.56. The number of benzene rings is 1. The Morgan fingerprint density at radius 2 is 1.78 bits per heavy atom. The lowest BCUT2D eigenvalue weighted by molar-refractivity contribution is -0.175. The first-order valence-electron chi connectivity index (χ1n) is 6.83. The third kappa shape index (κ3) is 5.19. The molecule has 0 heterocycles. The van der Waals surface area contributed by atoms with Crippen LogP contribution in [0.15, 0.2) is 29.2 Å². The molecule has 1 aromatic rings. The summed E-state index contributed by atoms with van der Waals surface area (Å²) in [5, 5.41) is 0.344. The highest BCUT2D eigenvalue weighted by Gasteiger charge is 2.38. The van der Waals surface area contributed by atoms with Crippen molar-refractivity contribution in [3.63, 3.8) is 0 Å². The molecule has 0 bridgehead atoms. The Balaban J connectivity index is 3.35. The van der Waals surface area contributed by atoms with Crippen LogP contribution in [0.1, 0.15) is 27.2 Å². The fraction of sp³-hybridized carbons (Fsp3) is 0.429. The van der Waals surface area contributed by atoms with Crippen LogP contribution >= 0.6 is 11.6 Å². The van der Waals surface area contributed by atoms with Gasteiger partial charge >= 0.3 is 5.97 Å². The summed E-state index contributed by atoms with van der Waals surface area (Å²) in [7, 11) is -4.27. The van der Waals surface area contributed by atoms with Crippen molar-refractivity contribution in [1.82, 2.24) is 4.47 Å². The number of sulfonamides is 1. The molecular weight excluding hydrogens is 344 g/mol. The zero-order chi connectivity index (χ0) is 17.8. The van der Waals surface area contributed by atoms with E-state index in [-0.39, 0.29) is 17.2 Å². The van der Waals surface area contributed by atoms with Crippen LogP contribution in [0.4, 0.5) is 0 Å². The van der Waals surface area contributed by atoms with Crippen LogP contribution in [-0.4, -0.2) is 30.8 Å². The number of hydroxylamine groups is 1. The van der Waals surface area contributed by atoms with E-state index in [0.717, 1.165) is 6.92 Å². The van der Waals surface area contributed by atoms with Gasteiger partial charge in [0.05, 0.1) is 4.90 Å². The summed E-state index contributed by atoms with van der Waals surface area (Å²) in [5.41, 5.74) is 5.30. The predicted molar refractivity (Wildman–Crippen MR) is 84.7 cm³/mol. The summed E-state index contributed by atoms with van der Waals surface area (Å²) in [5.74, 6) is -1.83. The molecule has 1 rings (SSSR count). The van der Waals surface area contributed by atoms with E-state index in [0.29, 0.717) is 9.49 Å². The number of hydrogen-bond donors (Lipinski definition) is 1. The molecule has 0 aliphatic rings. The standard InChI is InChI=1S/C14H19ClN2O5S/c1-9(2)8-13(14(16)19)17(22-10(3)18)23(20,21)12-6-4-11(15)5-7-12/h4-7,9,13H,8H2,1-3H3,(H2,16,19). The van der Waals surface area contributed by atoms with Gasteiger partial charge in [0.2, 0.25) is 5.91 Å². The van der Waals surface area contributed by atoms with Gasteiger partial charge in [0.15, 0.2) is 0 Å². The normalized spacial score (nSPS) is 13.1. The van der Waals surface area contributed by atoms with Crippen molar-refractivity contribution in [3.8, 4) is 0 Å². The van der Waals surface area contributed by atoms with E-state index in [1.807, 2.05) is 0 Å². The Bertz CT molecular complexity index is 673. The summed E-state index contributed by atoms with van der Waals surface area (Å²) in [6.45, 7) is 4.62. The van der Waals surface area contributed by atoms with Crippen molar-refractivity contribution in [1.29, 1.82) is 0 Å². The number of hydrogen-bond acceptors (Lipinski definition) is 5. The second kappa shape index (κ2) is 7.76. The summed E-state index contributed by atoms with van der Waals surface area (Å²) >= 11 is 5.74. The lowest BCUT2D eigenvalue weighted by atomic mass is 10.0.